The molecular formula is C24H25N3O7S. The first-order valence-electron chi connectivity index (χ1n) is 10.6. The van der Waals surface area contributed by atoms with Crippen molar-refractivity contribution in [3.8, 4) is 11.5 Å². The molecule has 0 aliphatic carbocycles. The van der Waals surface area contributed by atoms with Gasteiger partial charge >= 0.3 is 0 Å². The van der Waals surface area contributed by atoms with E-state index in [4.69, 9.17) is 13.9 Å². The molecule has 0 aliphatic heterocycles. The molecule has 1 aromatic heterocycles. The summed E-state index contributed by atoms with van der Waals surface area (Å²) in [6, 6.07) is 16.2. The number of furan rings is 1. The SMILES string of the molecule is CCOc1ccccc1OCC(=O)NNC(=O)/C=C/c1ccc(S(=O)(=O)NCc2ccco2)cc1. The quantitative estimate of drug-likeness (QED) is 0.272. The Kier molecular flexibility index (Phi) is 9.04. The highest BCUT2D eigenvalue weighted by molar-refractivity contribution is 7.89. The summed E-state index contributed by atoms with van der Waals surface area (Å²) in [6.45, 7) is 2.01. The Bertz CT molecular complexity index is 1250. The fraction of sp³-hybridized carbons (Fsp3) is 0.167. The van der Waals surface area contributed by atoms with Crippen molar-refractivity contribution in [1.82, 2.24) is 15.6 Å². The second-order valence-corrected chi connectivity index (χ2v) is 8.78. The Hall–Kier alpha value is -4.09. The maximum absolute atomic E-state index is 12.4. The van der Waals surface area contributed by atoms with E-state index in [-0.39, 0.29) is 18.0 Å². The maximum atomic E-state index is 12.4. The molecule has 0 unspecified atom stereocenters. The van der Waals surface area contributed by atoms with Crippen molar-refractivity contribution < 1.29 is 31.9 Å². The Balaban J connectivity index is 1.44. The van der Waals surface area contributed by atoms with Gasteiger partial charge in [-0.3, -0.25) is 20.4 Å². The van der Waals surface area contributed by atoms with Gasteiger partial charge in [-0.1, -0.05) is 24.3 Å². The van der Waals surface area contributed by atoms with Crippen LogP contribution in [-0.2, 0) is 26.2 Å². The third kappa shape index (κ3) is 8.02. The predicted molar refractivity (Wildman–Crippen MR) is 128 cm³/mol. The second kappa shape index (κ2) is 12.4. The van der Waals surface area contributed by atoms with Crippen LogP contribution in [0.2, 0.25) is 0 Å². The van der Waals surface area contributed by atoms with E-state index < -0.39 is 21.8 Å². The maximum Gasteiger partial charge on any atom is 0.276 e. The summed E-state index contributed by atoms with van der Waals surface area (Å²) >= 11 is 0. The van der Waals surface area contributed by atoms with E-state index in [1.54, 1.807) is 48.5 Å². The van der Waals surface area contributed by atoms with E-state index in [2.05, 4.69) is 15.6 Å². The van der Waals surface area contributed by atoms with Gasteiger partial charge in [0, 0.05) is 6.08 Å². The Morgan fingerprint density at radius 2 is 1.66 bits per heavy atom. The zero-order valence-corrected chi connectivity index (χ0v) is 19.7. The minimum Gasteiger partial charge on any atom is -0.490 e. The summed E-state index contributed by atoms with van der Waals surface area (Å²) in [5.74, 6) is 0.284. The lowest BCUT2D eigenvalue weighted by Crippen LogP contribution is -2.43. The third-order valence-electron chi connectivity index (χ3n) is 4.47. The summed E-state index contributed by atoms with van der Waals surface area (Å²) in [7, 11) is -3.71. The average Bonchev–Trinajstić information content (AvgIpc) is 3.39. The lowest BCUT2D eigenvalue weighted by Gasteiger charge is -2.11. The smallest absolute Gasteiger partial charge is 0.276 e. The molecule has 2 aromatic carbocycles. The first-order valence-corrected chi connectivity index (χ1v) is 12.1. The molecule has 0 aliphatic rings. The van der Waals surface area contributed by atoms with Gasteiger partial charge in [0.15, 0.2) is 18.1 Å². The van der Waals surface area contributed by atoms with Crippen LogP contribution < -0.4 is 25.0 Å². The van der Waals surface area contributed by atoms with E-state index in [0.29, 0.717) is 29.4 Å². The molecule has 184 valence electrons. The zero-order chi connectivity index (χ0) is 25.1. The largest absolute Gasteiger partial charge is 0.490 e. The van der Waals surface area contributed by atoms with Crippen LogP contribution in [0.4, 0.5) is 0 Å². The second-order valence-electron chi connectivity index (χ2n) is 7.01. The lowest BCUT2D eigenvalue weighted by molar-refractivity contribution is -0.128. The van der Waals surface area contributed by atoms with E-state index in [1.807, 2.05) is 6.92 Å². The number of benzene rings is 2. The fourth-order valence-electron chi connectivity index (χ4n) is 2.79. The fourth-order valence-corrected chi connectivity index (χ4v) is 3.78. The number of amides is 2. The molecule has 3 rings (SSSR count). The zero-order valence-electron chi connectivity index (χ0n) is 18.9. The van der Waals surface area contributed by atoms with Gasteiger partial charge in [0.1, 0.15) is 5.76 Å². The standard InChI is InChI=1S/C24H25N3O7S/c1-2-32-21-7-3-4-8-22(21)34-17-24(29)27-26-23(28)14-11-18-9-12-20(13-10-18)35(30,31)25-16-19-6-5-15-33-19/h3-15,25H,2,16-17H2,1H3,(H,26,28)(H,27,29)/b14-11+. The van der Waals surface area contributed by atoms with Crippen molar-refractivity contribution in [3.63, 3.8) is 0 Å². The molecule has 0 saturated heterocycles. The Labute approximate surface area is 203 Å². The van der Waals surface area contributed by atoms with Crippen LogP contribution in [0.15, 0.2) is 82.3 Å². The van der Waals surface area contributed by atoms with Crippen LogP contribution in [0.5, 0.6) is 11.5 Å². The highest BCUT2D eigenvalue weighted by atomic mass is 32.2. The molecule has 0 spiro atoms. The van der Waals surface area contributed by atoms with E-state index >= 15 is 0 Å². The van der Waals surface area contributed by atoms with Crippen LogP contribution >= 0.6 is 0 Å². The van der Waals surface area contributed by atoms with Crippen LogP contribution in [0, 0.1) is 0 Å². The van der Waals surface area contributed by atoms with Crippen LogP contribution in [0.1, 0.15) is 18.2 Å². The highest BCUT2D eigenvalue weighted by Gasteiger charge is 2.14. The molecule has 3 aromatic rings. The number of hydrazine groups is 1. The van der Waals surface area contributed by atoms with Gasteiger partial charge in [-0.05, 0) is 55.0 Å². The first kappa shape index (κ1) is 25.5. The molecule has 3 N–H and O–H groups in total. The highest BCUT2D eigenvalue weighted by Crippen LogP contribution is 2.26. The Morgan fingerprint density at radius 1 is 0.943 bits per heavy atom. The summed E-state index contributed by atoms with van der Waals surface area (Å²) in [5, 5.41) is 0. The van der Waals surface area contributed by atoms with E-state index in [1.165, 1.54) is 30.5 Å². The monoisotopic (exact) mass is 499 g/mol. The molecule has 10 nitrogen and oxygen atoms in total. The summed E-state index contributed by atoms with van der Waals surface area (Å²) < 4.78 is 43.1. The third-order valence-corrected chi connectivity index (χ3v) is 5.88. The molecule has 0 bridgehead atoms. The molecule has 0 fully saturated rings. The van der Waals surface area contributed by atoms with Crippen LogP contribution in [0.25, 0.3) is 6.08 Å². The molecule has 1 heterocycles. The first-order chi connectivity index (χ1) is 16.9. The van der Waals surface area contributed by atoms with Gasteiger partial charge in [-0.15, -0.1) is 0 Å². The van der Waals surface area contributed by atoms with Crippen molar-refractivity contribution in [2.75, 3.05) is 13.2 Å². The molecule has 0 saturated carbocycles. The minimum atomic E-state index is -3.71. The number of nitrogens with one attached hydrogen (secondary N) is 3. The van der Waals surface area contributed by atoms with Gasteiger partial charge in [-0.25, -0.2) is 13.1 Å². The number of para-hydroxylation sites is 2. The molecular weight excluding hydrogens is 474 g/mol. The van der Waals surface area contributed by atoms with Crippen molar-refractivity contribution in [2.45, 2.75) is 18.4 Å². The number of rotatable bonds is 11. The van der Waals surface area contributed by atoms with Gasteiger partial charge < -0.3 is 13.9 Å². The van der Waals surface area contributed by atoms with Gasteiger partial charge in [0.2, 0.25) is 10.0 Å². The number of hydrogen-bond donors (Lipinski definition) is 3. The van der Waals surface area contributed by atoms with Crippen molar-refractivity contribution in [2.24, 2.45) is 0 Å². The molecule has 2 amide bonds. The lowest BCUT2D eigenvalue weighted by atomic mass is 10.2. The predicted octanol–water partition coefficient (Wildman–Crippen LogP) is 2.40. The van der Waals surface area contributed by atoms with Crippen LogP contribution in [-0.4, -0.2) is 33.4 Å². The van der Waals surface area contributed by atoms with Crippen molar-refractivity contribution >= 4 is 27.9 Å². The normalized spacial score (nSPS) is 11.2. The minimum absolute atomic E-state index is 0.0347. The number of hydrogen-bond acceptors (Lipinski definition) is 7. The summed E-state index contributed by atoms with van der Waals surface area (Å²) in [4.78, 5) is 24.0. The Morgan fingerprint density at radius 3 is 2.31 bits per heavy atom. The van der Waals surface area contributed by atoms with Crippen molar-refractivity contribution in [1.29, 1.82) is 0 Å². The van der Waals surface area contributed by atoms with Gasteiger partial charge in [0.05, 0.1) is 24.3 Å². The average molecular weight is 500 g/mol. The van der Waals surface area contributed by atoms with Crippen molar-refractivity contribution in [3.05, 3.63) is 84.3 Å². The van der Waals surface area contributed by atoms with E-state index in [0.717, 1.165) is 0 Å². The van der Waals surface area contributed by atoms with Crippen LogP contribution in [0.3, 0.4) is 0 Å². The summed E-state index contributed by atoms with van der Waals surface area (Å²) in [6.07, 6.45) is 4.14. The number of carbonyl (C=O) groups is 2. The number of carbonyl (C=O) groups excluding carboxylic acids is 2. The van der Waals surface area contributed by atoms with Gasteiger partial charge in [-0.2, -0.15) is 0 Å². The number of sulfonamides is 1. The molecule has 0 atom stereocenters. The van der Waals surface area contributed by atoms with Gasteiger partial charge in [0.25, 0.3) is 11.8 Å². The molecule has 0 radical (unpaired) electrons. The molecule has 35 heavy (non-hydrogen) atoms. The summed E-state index contributed by atoms with van der Waals surface area (Å²) in [5.41, 5.74) is 5.08. The topological polar surface area (TPSA) is 136 Å². The van der Waals surface area contributed by atoms with E-state index in [9.17, 15) is 18.0 Å². The number of ether oxygens (including phenoxy) is 2. The molecule has 11 heteroatoms.